The van der Waals surface area contributed by atoms with E-state index >= 15 is 0 Å². The second-order valence-electron chi connectivity index (χ2n) is 3.42. The van der Waals surface area contributed by atoms with Crippen LogP contribution in [0.2, 0.25) is 0 Å². The van der Waals surface area contributed by atoms with Crippen LogP contribution in [-0.4, -0.2) is 5.16 Å². The van der Waals surface area contributed by atoms with Crippen LogP contribution in [0.5, 0.6) is 0 Å². The normalized spacial score (nSPS) is 10.7. The molecule has 0 amide bonds. The van der Waals surface area contributed by atoms with Crippen LogP contribution in [-0.2, 0) is 0 Å². The molecule has 72 valence electrons. The minimum absolute atomic E-state index is 0.828. The molecule has 1 heterocycles. The van der Waals surface area contributed by atoms with Crippen molar-refractivity contribution in [2.45, 2.75) is 0 Å². The molecule has 2 aliphatic rings. The fourth-order valence-electron chi connectivity index (χ4n) is 1.64. The number of nitrogens with zero attached hydrogens (tertiary/aromatic N) is 1. The SMILES string of the molecule is c1ccc(-c2cc3cccc-3on2)cc1. The molecule has 1 aliphatic heterocycles. The monoisotopic (exact) mass is 195 g/mol. The summed E-state index contributed by atoms with van der Waals surface area (Å²) in [5.74, 6) is 0.828. The molecule has 0 saturated carbocycles. The molecule has 1 aliphatic carbocycles. The Morgan fingerprint density at radius 1 is 0.800 bits per heavy atom. The summed E-state index contributed by atoms with van der Waals surface area (Å²) >= 11 is 0. The van der Waals surface area contributed by atoms with E-state index in [0.717, 1.165) is 22.6 Å². The van der Waals surface area contributed by atoms with Crippen molar-refractivity contribution < 1.29 is 4.52 Å². The standard InChI is InChI=1S/C13H9NO/c1-2-5-10(6-3-1)12-9-11-7-4-8-13(11)15-14-12/h1-9H. The number of hydrogen-bond donors (Lipinski definition) is 0. The average molecular weight is 195 g/mol. The van der Waals surface area contributed by atoms with Gasteiger partial charge in [0.05, 0.1) is 0 Å². The lowest BCUT2D eigenvalue weighted by Crippen LogP contribution is -1.84. The van der Waals surface area contributed by atoms with Gasteiger partial charge in [-0.15, -0.1) is 0 Å². The Morgan fingerprint density at radius 2 is 1.60 bits per heavy atom. The predicted molar refractivity (Wildman–Crippen MR) is 58.6 cm³/mol. The molecule has 0 atom stereocenters. The van der Waals surface area contributed by atoms with Crippen molar-refractivity contribution in [3.05, 3.63) is 54.6 Å². The summed E-state index contributed by atoms with van der Waals surface area (Å²) in [4.78, 5) is 0. The molecule has 1 aromatic carbocycles. The van der Waals surface area contributed by atoms with Gasteiger partial charge in [-0.05, 0) is 12.1 Å². The Balaban J connectivity index is 2.17. The summed E-state index contributed by atoms with van der Waals surface area (Å²) in [5, 5.41) is 4.07. The minimum atomic E-state index is 0.828. The number of fused-ring (bicyclic) bond motifs is 1. The molecule has 0 N–H and O–H groups in total. The van der Waals surface area contributed by atoms with Crippen molar-refractivity contribution in [1.29, 1.82) is 0 Å². The van der Waals surface area contributed by atoms with Gasteiger partial charge in [-0.1, -0.05) is 47.6 Å². The summed E-state index contributed by atoms with van der Waals surface area (Å²) in [5.41, 5.74) is 3.03. The van der Waals surface area contributed by atoms with Gasteiger partial charge < -0.3 is 4.52 Å². The second kappa shape index (κ2) is 3.24. The second-order valence-corrected chi connectivity index (χ2v) is 3.42. The van der Waals surface area contributed by atoms with Crippen LogP contribution in [0, 0.1) is 0 Å². The third kappa shape index (κ3) is 1.40. The van der Waals surface area contributed by atoms with Gasteiger partial charge in [0.2, 0.25) is 0 Å². The summed E-state index contributed by atoms with van der Waals surface area (Å²) in [7, 11) is 0. The van der Waals surface area contributed by atoms with Gasteiger partial charge in [-0.3, -0.25) is 0 Å². The topological polar surface area (TPSA) is 26.0 Å². The largest absolute Gasteiger partial charge is 0.356 e. The molecule has 0 bridgehead atoms. The molecule has 1 aromatic rings. The van der Waals surface area contributed by atoms with Crippen LogP contribution in [0.1, 0.15) is 0 Å². The van der Waals surface area contributed by atoms with Gasteiger partial charge in [-0.25, -0.2) is 0 Å². The highest BCUT2D eigenvalue weighted by Crippen LogP contribution is 2.26. The zero-order valence-electron chi connectivity index (χ0n) is 8.05. The van der Waals surface area contributed by atoms with Gasteiger partial charge in [0.1, 0.15) is 5.69 Å². The predicted octanol–water partition coefficient (Wildman–Crippen LogP) is 3.45. The van der Waals surface area contributed by atoms with Crippen molar-refractivity contribution in [3.8, 4) is 22.6 Å². The highest BCUT2D eigenvalue weighted by Gasteiger charge is 2.07. The fraction of sp³-hybridized carbons (Fsp3) is 0. The number of rotatable bonds is 1. The molecule has 0 saturated heterocycles. The first-order chi connectivity index (χ1) is 7.43. The third-order valence-corrected chi connectivity index (χ3v) is 2.41. The third-order valence-electron chi connectivity index (χ3n) is 2.41. The molecule has 0 unspecified atom stereocenters. The Hall–Kier alpha value is -2.09. The van der Waals surface area contributed by atoms with Gasteiger partial charge in [-0.2, -0.15) is 0 Å². The number of aromatic nitrogens is 1. The van der Waals surface area contributed by atoms with Gasteiger partial charge >= 0.3 is 0 Å². The van der Waals surface area contributed by atoms with Crippen molar-refractivity contribution in [3.63, 3.8) is 0 Å². The summed E-state index contributed by atoms with van der Waals surface area (Å²) in [6, 6.07) is 17.9. The molecule has 2 nitrogen and oxygen atoms in total. The van der Waals surface area contributed by atoms with Crippen molar-refractivity contribution in [1.82, 2.24) is 5.16 Å². The summed E-state index contributed by atoms with van der Waals surface area (Å²) in [6.45, 7) is 0. The first kappa shape index (κ1) is 8.24. The van der Waals surface area contributed by atoms with Crippen LogP contribution >= 0.6 is 0 Å². The molecule has 0 spiro atoms. The van der Waals surface area contributed by atoms with E-state index in [1.54, 1.807) is 0 Å². The van der Waals surface area contributed by atoms with Crippen LogP contribution in [0.15, 0.2) is 59.1 Å². The maximum atomic E-state index is 5.29. The van der Waals surface area contributed by atoms with Crippen LogP contribution in [0.4, 0.5) is 0 Å². The lowest BCUT2D eigenvalue weighted by Gasteiger charge is -2.01. The zero-order chi connectivity index (χ0) is 10.1. The van der Waals surface area contributed by atoms with Crippen LogP contribution in [0.3, 0.4) is 0 Å². The van der Waals surface area contributed by atoms with Crippen molar-refractivity contribution in [2.75, 3.05) is 0 Å². The maximum Gasteiger partial charge on any atom is 0.165 e. The quantitative estimate of drug-likeness (QED) is 0.594. The number of hydrogen-bond acceptors (Lipinski definition) is 2. The van der Waals surface area contributed by atoms with E-state index < -0.39 is 0 Å². The van der Waals surface area contributed by atoms with Gasteiger partial charge in [0, 0.05) is 11.1 Å². The van der Waals surface area contributed by atoms with E-state index in [-0.39, 0.29) is 0 Å². The minimum Gasteiger partial charge on any atom is -0.356 e. The molecule has 0 fully saturated rings. The first-order valence-corrected chi connectivity index (χ1v) is 4.84. The lowest BCUT2D eigenvalue weighted by atomic mass is 10.1. The first-order valence-electron chi connectivity index (χ1n) is 4.84. The molecule has 0 radical (unpaired) electrons. The van der Waals surface area contributed by atoms with Crippen molar-refractivity contribution >= 4 is 0 Å². The smallest absolute Gasteiger partial charge is 0.165 e. The molecule has 15 heavy (non-hydrogen) atoms. The molecule has 3 rings (SSSR count). The van der Waals surface area contributed by atoms with Gasteiger partial charge in [0.15, 0.2) is 5.76 Å². The van der Waals surface area contributed by atoms with E-state index in [1.165, 1.54) is 0 Å². The Labute approximate surface area is 87.5 Å². The maximum absolute atomic E-state index is 5.29. The summed E-state index contributed by atoms with van der Waals surface area (Å²) in [6.07, 6.45) is 0. The van der Waals surface area contributed by atoms with Crippen LogP contribution in [0.25, 0.3) is 22.6 Å². The highest BCUT2D eigenvalue weighted by molar-refractivity contribution is 5.68. The Bertz CT molecular complexity index is 542. The van der Waals surface area contributed by atoms with E-state index in [9.17, 15) is 0 Å². The molecular weight excluding hydrogens is 186 g/mol. The zero-order valence-corrected chi connectivity index (χ0v) is 8.05. The van der Waals surface area contributed by atoms with Gasteiger partial charge in [0.25, 0.3) is 0 Å². The van der Waals surface area contributed by atoms with E-state index in [2.05, 4.69) is 5.16 Å². The Kier molecular flexibility index (Phi) is 1.78. The molecular formula is C13H9NO. The summed E-state index contributed by atoms with van der Waals surface area (Å²) < 4.78 is 5.29. The number of benzene rings is 1. The average Bonchev–Trinajstić information content (AvgIpc) is 2.77. The van der Waals surface area contributed by atoms with E-state index in [4.69, 9.17) is 4.52 Å². The van der Waals surface area contributed by atoms with Crippen LogP contribution < -0.4 is 0 Å². The van der Waals surface area contributed by atoms with Crippen molar-refractivity contribution in [2.24, 2.45) is 0 Å². The molecule has 2 heteroatoms. The molecule has 0 aromatic heterocycles. The lowest BCUT2D eigenvalue weighted by molar-refractivity contribution is 0.417. The van der Waals surface area contributed by atoms with E-state index in [0.29, 0.717) is 0 Å². The Morgan fingerprint density at radius 3 is 2.47 bits per heavy atom. The highest BCUT2D eigenvalue weighted by atomic mass is 16.5. The fourth-order valence-corrected chi connectivity index (χ4v) is 1.64. The van der Waals surface area contributed by atoms with E-state index in [1.807, 2.05) is 54.6 Å².